The van der Waals surface area contributed by atoms with Crippen LogP contribution in [0, 0.1) is 0 Å². The van der Waals surface area contributed by atoms with E-state index < -0.39 is 23.5 Å². The van der Waals surface area contributed by atoms with Crippen molar-refractivity contribution in [2.75, 3.05) is 20.3 Å². The standard InChI is InChI=1S/C26H27NO6/c1-4-6-13-27-22(16-9-7-11-18(14-16)32-5-2)21(24(29)26(27)30)23(28)20-15-17-10-8-12-19(31-3)25(17)33-20/h7-12,14-15,22,29H,4-6,13H2,1-3H3. The number of benzene rings is 2. The van der Waals surface area contributed by atoms with Gasteiger partial charge in [0.25, 0.3) is 5.91 Å². The number of nitrogens with zero attached hydrogens (tertiary/aromatic N) is 1. The third kappa shape index (κ3) is 4.06. The first kappa shape index (κ1) is 22.5. The second-order valence-electron chi connectivity index (χ2n) is 7.84. The fourth-order valence-corrected chi connectivity index (χ4v) is 4.17. The fourth-order valence-electron chi connectivity index (χ4n) is 4.17. The summed E-state index contributed by atoms with van der Waals surface area (Å²) in [6.07, 6.45) is 1.60. The normalized spacial score (nSPS) is 16.0. The quantitative estimate of drug-likeness (QED) is 0.451. The zero-order valence-electron chi connectivity index (χ0n) is 19.0. The van der Waals surface area contributed by atoms with Crippen molar-refractivity contribution in [3.05, 3.63) is 71.2 Å². The second-order valence-corrected chi connectivity index (χ2v) is 7.84. The summed E-state index contributed by atoms with van der Waals surface area (Å²) in [6.45, 7) is 4.80. The maximum atomic E-state index is 13.6. The number of ketones is 1. The number of Topliss-reactive ketones (excluding diaryl/α,β-unsaturated/α-hetero) is 1. The number of carbonyl (C=O) groups is 2. The largest absolute Gasteiger partial charge is 0.503 e. The Balaban J connectivity index is 1.81. The molecule has 0 radical (unpaired) electrons. The molecule has 1 amide bonds. The predicted octanol–water partition coefficient (Wildman–Crippen LogP) is 5.22. The number of unbranched alkanes of at least 4 members (excludes halogenated alkanes) is 1. The average Bonchev–Trinajstić information content (AvgIpc) is 3.37. The Hall–Kier alpha value is -3.74. The SMILES string of the molecule is CCCCN1C(=O)C(O)=C(C(=O)c2cc3cccc(OC)c3o2)C1c1cccc(OCC)c1. The van der Waals surface area contributed by atoms with Crippen LogP contribution in [0.3, 0.4) is 0 Å². The molecule has 7 nitrogen and oxygen atoms in total. The van der Waals surface area contributed by atoms with E-state index in [1.54, 1.807) is 29.2 Å². The molecule has 0 aliphatic carbocycles. The van der Waals surface area contributed by atoms with Crippen LogP contribution in [0.4, 0.5) is 0 Å². The van der Waals surface area contributed by atoms with Gasteiger partial charge in [-0.15, -0.1) is 0 Å². The van der Waals surface area contributed by atoms with Gasteiger partial charge < -0.3 is 23.9 Å². The highest BCUT2D eigenvalue weighted by Crippen LogP contribution is 2.41. The van der Waals surface area contributed by atoms with Gasteiger partial charge in [-0.2, -0.15) is 0 Å². The Bertz CT molecular complexity index is 1220. The molecule has 7 heteroatoms. The number of fused-ring (bicyclic) bond motifs is 1. The van der Waals surface area contributed by atoms with E-state index in [0.717, 1.165) is 12.8 Å². The number of methoxy groups -OCH3 is 1. The molecule has 0 fully saturated rings. The molecule has 172 valence electrons. The van der Waals surface area contributed by atoms with Gasteiger partial charge in [0.05, 0.1) is 25.3 Å². The number of aliphatic hydroxyl groups excluding tert-OH is 1. The first-order valence-corrected chi connectivity index (χ1v) is 11.1. The molecular weight excluding hydrogens is 422 g/mol. The third-order valence-electron chi connectivity index (χ3n) is 5.74. The molecule has 2 heterocycles. The van der Waals surface area contributed by atoms with Crippen LogP contribution in [0.25, 0.3) is 11.0 Å². The smallest absolute Gasteiger partial charge is 0.290 e. The van der Waals surface area contributed by atoms with Crippen molar-refractivity contribution in [2.45, 2.75) is 32.7 Å². The Morgan fingerprint density at radius 2 is 1.94 bits per heavy atom. The summed E-state index contributed by atoms with van der Waals surface area (Å²) in [5, 5.41) is 11.5. The Labute approximate surface area is 192 Å². The minimum absolute atomic E-state index is 0.00257. The summed E-state index contributed by atoms with van der Waals surface area (Å²) in [6, 6.07) is 13.5. The summed E-state index contributed by atoms with van der Waals surface area (Å²) < 4.78 is 16.8. The van der Waals surface area contributed by atoms with E-state index in [2.05, 4.69) is 0 Å². The van der Waals surface area contributed by atoms with Gasteiger partial charge in [0.15, 0.2) is 22.9 Å². The Morgan fingerprint density at radius 3 is 2.67 bits per heavy atom. The van der Waals surface area contributed by atoms with Gasteiger partial charge in [-0.05, 0) is 43.2 Å². The lowest BCUT2D eigenvalue weighted by Crippen LogP contribution is -2.32. The van der Waals surface area contributed by atoms with E-state index in [9.17, 15) is 14.7 Å². The molecule has 1 N–H and O–H groups in total. The van der Waals surface area contributed by atoms with Crippen LogP contribution in [0.2, 0.25) is 0 Å². The molecule has 1 unspecified atom stereocenters. The van der Waals surface area contributed by atoms with Gasteiger partial charge >= 0.3 is 0 Å². The highest BCUT2D eigenvalue weighted by atomic mass is 16.5. The van der Waals surface area contributed by atoms with E-state index in [0.29, 0.717) is 41.2 Å². The molecular formula is C26H27NO6. The highest BCUT2D eigenvalue weighted by Gasteiger charge is 2.44. The molecule has 1 aliphatic rings. The summed E-state index contributed by atoms with van der Waals surface area (Å²) in [4.78, 5) is 28.2. The Morgan fingerprint density at radius 1 is 1.15 bits per heavy atom. The molecule has 0 saturated carbocycles. The number of furan rings is 1. The number of amides is 1. The van der Waals surface area contributed by atoms with E-state index in [1.165, 1.54) is 7.11 Å². The van der Waals surface area contributed by atoms with E-state index in [1.807, 2.05) is 38.1 Å². The molecule has 3 aromatic rings. The van der Waals surface area contributed by atoms with Crippen molar-refractivity contribution in [3.63, 3.8) is 0 Å². The van der Waals surface area contributed by atoms with Gasteiger partial charge in [-0.25, -0.2) is 0 Å². The molecule has 1 aliphatic heterocycles. The highest BCUT2D eigenvalue weighted by molar-refractivity contribution is 6.16. The summed E-state index contributed by atoms with van der Waals surface area (Å²) >= 11 is 0. The summed E-state index contributed by atoms with van der Waals surface area (Å²) in [7, 11) is 1.52. The molecule has 4 rings (SSSR count). The number of hydrogen-bond acceptors (Lipinski definition) is 6. The number of ether oxygens (including phenoxy) is 2. The molecule has 0 bridgehead atoms. The van der Waals surface area contributed by atoms with Crippen molar-refractivity contribution in [3.8, 4) is 11.5 Å². The van der Waals surface area contributed by atoms with Crippen molar-refractivity contribution in [1.82, 2.24) is 4.90 Å². The van der Waals surface area contributed by atoms with Gasteiger partial charge in [0.1, 0.15) is 5.75 Å². The first-order valence-electron chi connectivity index (χ1n) is 11.1. The van der Waals surface area contributed by atoms with Gasteiger partial charge in [-0.1, -0.05) is 37.6 Å². The van der Waals surface area contributed by atoms with Crippen LogP contribution in [0.1, 0.15) is 48.8 Å². The van der Waals surface area contributed by atoms with Gasteiger partial charge in [-0.3, -0.25) is 9.59 Å². The molecule has 0 spiro atoms. The zero-order valence-corrected chi connectivity index (χ0v) is 19.0. The summed E-state index contributed by atoms with van der Waals surface area (Å²) in [5.74, 6) is -0.484. The topological polar surface area (TPSA) is 89.2 Å². The number of rotatable bonds is 9. The number of aliphatic hydroxyl groups is 1. The third-order valence-corrected chi connectivity index (χ3v) is 5.74. The van der Waals surface area contributed by atoms with Gasteiger partial charge in [0.2, 0.25) is 5.78 Å². The zero-order chi connectivity index (χ0) is 23.5. The molecule has 1 aromatic heterocycles. The summed E-state index contributed by atoms with van der Waals surface area (Å²) in [5.41, 5.74) is 1.12. The van der Waals surface area contributed by atoms with Crippen molar-refractivity contribution < 1.29 is 28.6 Å². The number of carbonyl (C=O) groups excluding carboxylic acids is 2. The van der Waals surface area contributed by atoms with E-state index in [-0.39, 0.29) is 11.3 Å². The number of para-hydroxylation sites is 1. The molecule has 1 atom stereocenters. The maximum absolute atomic E-state index is 13.6. The predicted molar refractivity (Wildman–Crippen MR) is 124 cm³/mol. The molecule has 33 heavy (non-hydrogen) atoms. The van der Waals surface area contributed by atoms with E-state index in [4.69, 9.17) is 13.9 Å². The average molecular weight is 450 g/mol. The van der Waals surface area contributed by atoms with E-state index >= 15 is 0 Å². The lowest BCUT2D eigenvalue weighted by Gasteiger charge is -2.26. The Kier molecular flexibility index (Phi) is 6.40. The van der Waals surface area contributed by atoms with Crippen LogP contribution < -0.4 is 9.47 Å². The van der Waals surface area contributed by atoms with Crippen molar-refractivity contribution in [1.29, 1.82) is 0 Å². The monoisotopic (exact) mass is 449 g/mol. The first-order chi connectivity index (χ1) is 16.0. The van der Waals surface area contributed by atoms with Crippen LogP contribution >= 0.6 is 0 Å². The van der Waals surface area contributed by atoms with Crippen LogP contribution in [-0.2, 0) is 4.79 Å². The van der Waals surface area contributed by atoms with Crippen LogP contribution in [-0.4, -0.2) is 42.0 Å². The second kappa shape index (κ2) is 9.40. The molecule has 0 saturated heterocycles. The fraction of sp³-hybridized carbons (Fsp3) is 0.308. The van der Waals surface area contributed by atoms with Crippen LogP contribution in [0.15, 0.2) is 64.3 Å². The number of hydrogen-bond donors (Lipinski definition) is 1. The lowest BCUT2D eigenvalue weighted by atomic mass is 9.94. The van der Waals surface area contributed by atoms with Crippen molar-refractivity contribution in [2.24, 2.45) is 0 Å². The lowest BCUT2D eigenvalue weighted by molar-refractivity contribution is -0.129. The van der Waals surface area contributed by atoms with Crippen LogP contribution in [0.5, 0.6) is 11.5 Å². The van der Waals surface area contributed by atoms with Gasteiger partial charge in [0, 0.05) is 11.9 Å². The minimum Gasteiger partial charge on any atom is -0.503 e. The minimum atomic E-state index is -0.743. The van der Waals surface area contributed by atoms with Crippen molar-refractivity contribution >= 4 is 22.7 Å². The maximum Gasteiger partial charge on any atom is 0.290 e. The molecule has 2 aromatic carbocycles.